The summed E-state index contributed by atoms with van der Waals surface area (Å²) < 4.78 is 27.1. The van der Waals surface area contributed by atoms with Crippen LogP contribution >= 0.6 is 11.3 Å². The van der Waals surface area contributed by atoms with E-state index in [4.69, 9.17) is 0 Å². The van der Waals surface area contributed by atoms with Crippen molar-refractivity contribution >= 4 is 33.0 Å². The fourth-order valence-corrected chi connectivity index (χ4v) is 4.09. The number of anilines is 1. The van der Waals surface area contributed by atoms with E-state index in [9.17, 15) is 13.2 Å². The fraction of sp³-hybridized carbons (Fsp3) is 0.154. The largest absolute Gasteiger partial charge is 0.344 e. The van der Waals surface area contributed by atoms with Gasteiger partial charge in [0.15, 0.2) is 0 Å². The first-order chi connectivity index (χ1) is 9.42. The lowest BCUT2D eigenvalue weighted by atomic mass is 10.3. The van der Waals surface area contributed by atoms with Crippen LogP contribution < -0.4 is 4.72 Å². The van der Waals surface area contributed by atoms with Gasteiger partial charge in [0.1, 0.15) is 9.77 Å². The predicted octanol–water partition coefficient (Wildman–Crippen LogP) is 2.25. The van der Waals surface area contributed by atoms with E-state index in [1.54, 1.807) is 49.8 Å². The van der Waals surface area contributed by atoms with Crippen LogP contribution in [0.25, 0.3) is 0 Å². The van der Waals surface area contributed by atoms with E-state index in [0.717, 1.165) is 11.3 Å². The number of nitrogens with one attached hydrogen (secondary N) is 1. The molecule has 1 N–H and O–H groups in total. The van der Waals surface area contributed by atoms with Gasteiger partial charge in [0.25, 0.3) is 15.9 Å². The van der Waals surface area contributed by atoms with E-state index in [1.165, 1.54) is 11.0 Å². The summed E-state index contributed by atoms with van der Waals surface area (Å²) >= 11 is 1.11. The summed E-state index contributed by atoms with van der Waals surface area (Å²) in [6.07, 6.45) is 0. The zero-order chi connectivity index (χ0) is 14.8. The molecule has 2 rings (SSSR count). The number of amides is 1. The zero-order valence-electron chi connectivity index (χ0n) is 11.0. The average molecular weight is 310 g/mol. The van der Waals surface area contributed by atoms with E-state index >= 15 is 0 Å². The minimum atomic E-state index is -3.77. The third-order valence-electron chi connectivity index (χ3n) is 2.55. The highest BCUT2D eigenvalue weighted by molar-refractivity contribution is 7.93. The zero-order valence-corrected chi connectivity index (χ0v) is 12.7. The van der Waals surface area contributed by atoms with Gasteiger partial charge in [-0.2, -0.15) is 0 Å². The SMILES string of the molecule is CN(C)C(=O)c1sccc1S(=O)(=O)Nc1ccccc1. The van der Waals surface area contributed by atoms with Crippen LogP contribution in [0.4, 0.5) is 5.69 Å². The average Bonchev–Trinajstić information content (AvgIpc) is 2.88. The highest BCUT2D eigenvalue weighted by atomic mass is 32.2. The summed E-state index contributed by atoms with van der Waals surface area (Å²) in [5.41, 5.74) is 0.460. The number of thiophene rings is 1. The van der Waals surface area contributed by atoms with Crippen molar-refractivity contribution in [1.29, 1.82) is 0 Å². The summed E-state index contributed by atoms with van der Waals surface area (Å²) in [7, 11) is -0.594. The molecule has 0 saturated heterocycles. The molecular weight excluding hydrogens is 296 g/mol. The van der Waals surface area contributed by atoms with Gasteiger partial charge in [0.05, 0.1) is 0 Å². The molecule has 0 aliphatic carbocycles. The van der Waals surface area contributed by atoms with Gasteiger partial charge in [0.2, 0.25) is 0 Å². The first kappa shape index (κ1) is 14.5. The van der Waals surface area contributed by atoms with Gasteiger partial charge in [-0.25, -0.2) is 8.42 Å². The Morgan fingerprint density at radius 1 is 1.15 bits per heavy atom. The maximum atomic E-state index is 12.3. The minimum absolute atomic E-state index is 0.00468. The number of para-hydroxylation sites is 1. The van der Waals surface area contributed by atoms with Crippen molar-refractivity contribution in [3.63, 3.8) is 0 Å². The molecule has 0 atom stereocenters. The van der Waals surface area contributed by atoms with E-state index in [0.29, 0.717) is 5.69 Å². The molecule has 20 heavy (non-hydrogen) atoms. The van der Waals surface area contributed by atoms with Crippen LogP contribution in [-0.2, 0) is 10.0 Å². The third-order valence-corrected chi connectivity index (χ3v) is 5.00. The van der Waals surface area contributed by atoms with Crippen molar-refractivity contribution in [2.24, 2.45) is 0 Å². The second kappa shape index (κ2) is 5.64. The Labute approximate surface area is 121 Å². The van der Waals surface area contributed by atoms with Crippen molar-refractivity contribution in [2.75, 3.05) is 18.8 Å². The lowest BCUT2D eigenvalue weighted by Gasteiger charge is -2.12. The van der Waals surface area contributed by atoms with Gasteiger partial charge < -0.3 is 4.90 Å². The van der Waals surface area contributed by atoms with Gasteiger partial charge >= 0.3 is 0 Å². The molecule has 0 spiro atoms. The van der Waals surface area contributed by atoms with E-state index in [1.807, 2.05) is 0 Å². The standard InChI is InChI=1S/C13H14N2O3S2/c1-15(2)13(16)12-11(8-9-19-12)20(17,18)14-10-6-4-3-5-7-10/h3-9,14H,1-2H3. The van der Waals surface area contributed by atoms with Crippen LogP contribution in [0.15, 0.2) is 46.7 Å². The summed E-state index contributed by atoms with van der Waals surface area (Å²) in [4.78, 5) is 13.5. The van der Waals surface area contributed by atoms with Crippen molar-refractivity contribution < 1.29 is 13.2 Å². The molecule has 0 saturated carbocycles. The molecule has 0 bridgehead atoms. The number of hydrogen-bond donors (Lipinski definition) is 1. The Bertz CT molecular complexity index is 706. The predicted molar refractivity (Wildman–Crippen MR) is 79.6 cm³/mol. The maximum Gasteiger partial charge on any atom is 0.264 e. The summed E-state index contributed by atoms with van der Waals surface area (Å²) in [5.74, 6) is -0.326. The molecule has 106 valence electrons. The van der Waals surface area contributed by atoms with Gasteiger partial charge in [-0.05, 0) is 23.6 Å². The molecule has 1 amide bonds. The van der Waals surface area contributed by atoms with Crippen molar-refractivity contribution in [3.8, 4) is 0 Å². The molecule has 0 unspecified atom stereocenters. The van der Waals surface area contributed by atoms with E-state index < -0.39 is 10.0 Å². The molecule has 5 nitrogen and oxygen atoms in total. The second-order valence-electron chi connectivity index (χ2n) is 4.29. The van der Waals surface area contributed by atoms with Crippen LogP contribution in [-0.4, -0.2) is 33.3 Å². The Morgan fingerprint density at radius 3 is 2.40 bits per heavy atom. The molecule has 7 heteroatoms. The molecule has 0 radical (unpaired) electrons. The van der Waals surface area contributed by atoms with Crippen molar-refractivity contribution in [2.45, 2.75) is 4.90 Å². The number of sulfonamides is 1. The summed E-state index contributed by atoms with van der Waals surface area (Å²) in [6, 6.07) is 10.00. The first-order valence-electron chi connectivity index (χ1n) is 5.79. The molecular formula is C13H14N2O3S2. The van der Waals surface area contributed by atoms with E-state index in [-0.39, 0.29) is 15.7 Å². The number of benzene rings is 1. The maximum absolute atomic E-state index is 12.3. The van der Waals surface area contributed by atoms with Crippen LogP contribution in [0.3, 0.4) is 0 Å². The Morgan fingerprint density at radius 2 is 1.80 bits per heavy atom. The minimum Gasteiger partial charge on any atom is -0.344 e. The molecule has 2 aromatic rings. The Kier molecular flexibility index (Phi) is 4.10. The molecule has 0 aliphatic rings. The van der Waals surface area contributed by atoms with Crippen LogP contribution in [0.5, 0.6) is 0 Å². The van der Waals surface area contributed by atoms with E-state index in [2.05, 4.69) is 4.72 Å². The first-order valence-corrected chi connectivity index (χ1v) is 8.15. The molecule has 1 heterocycles. The molecule has 1 aromatic heterocycles. The Hall–Kier alpha value is -1.86. The lowest BCUT2D eigenvalue weighted by Crippen LogP contribution is -2.23. The third kappa shape index (κ3) is 3.00. The number of rotatable bonds is 4. The molecule has 0 fully saturated rings. The van der Waals surface area contributed by atoms with Crippen molar-refractivity contribution in [1.82, 2.24) is 4.90 Å². The topological polar surface area (TPSA) is 66.5 Å². The smallest absolute Gasteiger partial charge is 0.264 e. The number of nitrogens with zero attached hydrogens (tertiary/aromatic N) is 1. The fourth-order valence-electron chi connectivity index (χ4n) is 1.58. The molecule has 0 aliphatic heterocycles. The molecule has 1 aromatic carbocycles. The Balaban J connectivity index is 2.36. The van der Waals surface area contributed by atoms with Crippen LogP contribution in [0.2, 0.25) is 0 Å². The number of carbonyl (C=O) groups excluding carboxylic acids is 1. The lowest BCUT2D eigenvalue weighted by molar-refractivity contribution is 0.0829. The highest BCUT2D eigenvalue weighted by Gasteiger charge is 2.24. The van der Waals surface area contributed by atoms with Gasteiger partial charge in [-0.1, -0.05) is 18.2 Å². The van der Waals surface area contributed by atoms with Gasteiger partial charge in [-0.15, -0.1) is 11.3 Å². The van der Waals surface area contributed by atoms with Crippen molar-refractivity contribution in [3.05, 3.63) is 46.7 Å². The van der Waals surface area contributed by atoms with Gasteiger partial charge in [-0.3, -0.25) is 9.52 Å². The quantitative estimate of drug-likeness (QED) is 0.942. The second-order valence-corrected chi connectivity index (χ2v) is 6.85. The van der Waals surface area contributed by atoms with Crippen LogP contribution in [0, 0.1) is 0 Å². The van der Waals surface area contributed by atoms with Crippen LogP contribution in [0.1, 0.15) is 9.67 Å². The van der Waals surface area contributed by atoms with Gasteiger partial charge in [0, 0.05) is 19.8 Å². The summed E-state index contributed by atoms with van der Waals surface area (Å²) in [5, 5.41) is 1.59. The summed E-state index contributed by atoms with van der Waals surface area (Å²) in [6.45, 7) is 0. The number of carbonyl (C=O) groups is 1. The normalized spacial score (nSPS) is 11.1. The number of hydrogen-bond acceptors (Lipinski definition) is 4. The highest BCUT2D eigenvalue weighted by Crippen LogP contribution is 2.25. The monoisotopic (exact) mass is 310 g/mol.